The molecule has 2 aromatic carbocycles. The summed E-state index contributed by atoms with van der Waals surface area (Å²) in [4.78, 5) is 11.0. The van der Waals surface area contributed by atoms with E-state index in [9.17, 15) is 9.90 Å². The molecule has 2 rings (SSSR count). The maximum atomic E-state index is 11.0. The van der Waals surface area contributed by atoms with Gasteiger partial charge in [0, 0.05) is 6.92 Å². The predicted molar refractivity (Wildman–Crippen MR) is 100 cm³/mol. The number of allylic oxidation sites excluding steroid dienone is 1. The molecular weight excluding hydrogens is 316 g/mol. The fourth-order valence-electron chi connectivity index (χ4n) is 2.89. The van der Waals surface area contributed by atoms with Crippen LogP contribution in [0.2, 0.25) is 12.6 Å². The Bertz CT molecular complexity index is 726. The molecule has 0 aliphatic rings. The number of aliphatic hydroxyl groups is 1. The maximum Gasteiger partial charge on any atom is 0.302 e. The molecule has 126 valence electrons. The molecule has 0 aliphatic heterocycles. The molecule has 0 aromatic heterocycles. The van der Waals surface area contributed by atoms with Gasteiger partial charge < -0.3 is 9.84 Å². The van der Waals surface area contributed by atoms with E-state index in [0.717, 1.165) is 17.2 Å². The molecule has 0 unspecified atom stereocenters. The van der Waals surface area contributed by atoms with Crippen molar-refractivity contribution in [2.45, 2.75) is 32.7 Å². The quantitative estimate of drug-likeness (QED) is 0.479. The van der Waals surface area contributed by atoms with Crippen molar-refractivity contribution < 1.29 is 14.6 Å². The lowest BCUT2D eigenvalue weighted by atomic mass is 10.2. The molecule has 0 saturated carbocycles. The third-order valence-corrected chi connectivity index (χ3v) is 8.58. The minimum Gasteiger partial charge on any atom is -0.461 e. The van der Waals surface area contributed by atoms with Crippen LogP contribution in [0.1, 0.15) is 18.1 Å². The molecule has 4 heteroatoms. The molecule has 3 nitrogen and oxygen atoms in total. The van der Waals surface area contributed by atoms with E-state index in [1.54, 1.807) is 0 Å². The summed E-state index contributed by atoms with van der Waals surface area (Å²) in [6, 6.07) is 17.3. The topological polar surface area (TPSA) is 46.5 Å². The Morgan fingerprint density at radius 3 is 2.29 bits per heavy atom. The van der Waals surface area contributed by atoms with Gasteiger partial charge in [0.2, 0.25) is 0 Å². The summed E-state index contributed by atoms with van der Waals surface area (Å²) in [5.41, 5.74) is 1.91. The van der Waals surface area contributed by atoms with Gasteiger partial charge in [-0.05, 0) is 17.2 Å². The Kier molecular flexibility index (Phi) is 6.12. The Morgan fingerprint density at radius 2 is 1.75 bits per heavy atom. The van der Waals surface area contributed by atoms with Crippen LogP contribution in [0.4, 0.5) is 0 Å². The SMILES string of the molecule is C=CC[Si@@](C)(c1cccc(CO)c1)c1cccc(COC(C)=O)c1. The molecule has 0 aliphatic carbocycles. The van der Waals surface area contributed by atoms with E-state index in [0.29, 0.717) is 6.61 Å². The summed E-state index contributed by atoms with van der Waals surface area (Å²) in [7, 11) is -2.01. The third-order valence-electron chi connectivity index (χ3n) is 4.31. The van der Waals surface area contributed by atoms with Crippen molar-refractivity contribution in [1.29, 1.82) is 0 Å². The van der Waals surface area contributed by atoms with E-state index in [4.69, 9.17) is 4.74 Å². The molecule has 0 heterocycles. The normalized spacial score (nSPS) is 13.1. The van der Waals surface area contributed by atoms with Gasteiger partial charge in [0.25, 0.3) is 0 Å². The van der Waals surface area contributed by atoms with Crippen molar-refractivity contribution in [3.05, 3.63) is 72.3 Å². The van der Waals surface area contributed by atoms with Gasteiger partial charge in [-0.3, -0.25) is 4.79 Å². The number of hydrogen-bond donors (Lipinski definition) is 1. The number of carbonyl (C=O) groups excluding carboxylic acids is 1. The molecule has 0 fully saturated rings. The van der Waals surface area contributed by atoms with E-state index >= 15 is 0 Å². The maximum absolute atomic E-state index is 11.0. The van der Waals surface area contributed by atoms with Crippen LogP contribution in [0.25, 0.3) is 0 Å². The van der Waals surface area contributed by atoms with Gasteiger partial charge in [0.15, 0.2) is 0 Å². The minimum absolute atomic E-state index is 0.0406. The Labute approximate surface area is 144 Å². The van der Waals surface area contributed by atoms with Gasteiger partial charge in [-0.1, -0.05) is 71.5 Å². The van der Waals surface area contributed by atoms with Crippen LogP contribution < -0.4 is 10.4 Å². The summed E-state index contributed by atoms with van der Waals surface area (Å²) in [5, 5.41) is 12.0. The van der Waals surface area contributed by atoms with Crippen molar-refractivity contribution in [2.75, 3.05) is 0 Å². The highest BCUT2D eigenvalue weighted by atomic mass is 28.3. The number of rotatable bonds is 7. The lowest BCUT2D eigenvalue weighted by Crippen LogP contribution is -2.55. The molecule has 0 bridgehead atoms. The fraction of sp³-hybridized carbons (Fsp3) is 0.250. The standard InChI is InChI=1S/C20H24O3Si/c1-4-11-24(3,19-9-5-7-17(12-19)14-21)20-10-6-8-18(13-20)15-23-16(2)22/h4-10,12-13,21H,1,11,14-15H2,2-3H3/t24-/m0/s1. The van der Waals surface area contributed by atoms with Crippen LogP contribution >= 0.6 is 0 Å². The van der Waals surface area contributed by atoms with Crippen LogP contribution in [0, 0.1) is 0 Å². The Hall–Kier alpha value is -2.17. The van der Waals surface area contributed by atoms with Crippen molar-refractivity contribution in [3.63, 3.8) is 0 Å². The summed E-state index contributed by atoms with van der Waals surface area (Å²) < 4.78 is 5.12. The number of hydrogen-bond acceptors (Lipinski definition) is 3. The molecule has 0 amide bonds. The van der Waals surface area contributed by atoms with Crippen LogP contribution in [-0.2, 0) is 22.7 Å². The highest BCUT2D eigenvalue weighted by Gasteiger charge is 2.30. The van der Waals surface area contributed by atoms with Crippen molar-refractivity contribution in [3.8, 4) is 0 Å². The molecule has 0 saturated heterocycles. The summed E-state index contributed by atoms with van der Waals surface area (Å²) >= 11 is 0. The van der Waals surface area contributed by atoms with Crippen LogP contribution in [-0.4, -0.2) is 19.1 Å². The first-order valence-electron chi connectivity index (χ1n) is 8.03. The number of benzene rings is 2. The van der Waals surface area contributed by atoms with Crippen molar-refractivity contribution in [2.24, 2.45) is 0 Å². The molecule has 1 atom stereocenters. The minimum atomic E-state index is -2.01. The number of carbonyl (C=O) groups is 1. The first kappa shape index (κ1) is 18.2. The summed E-state index contributed by atoms with van der Waals surface area (Å²) in [5.74, 6) is -0.276. The predicted octanol–water partition coefficient (Wildman–Crippen LogP) is 2.62. The van der Waals surface area contributed by atoms with E-state index in [1.807, 2.05) is 30.3 Å². The van der Waals surface area contributed by atoms with Crippen LogP contribution in [0.5, 0.6) is 0 Å². The largest absolute Gasteiger partial charge is 0.461 e. The molecule has 2 aromatic rings. The van der Waals surface area contributed by atoms with Gasteiger partial charge in [-0.2, -0.15) is 0 Å². The Morgan fingerprint density at radius 1 is 1.17 bits per heavy atom. The second kappa shape index (κ2) is 8.08. The second-order valence-electron chi connectivity index (χ2n) is 6.16. The highest BCUT2D eigenvalue weighted by Crippen LogP contribution is 2.14. The first-order chi connectivity index (χ1) is 11.5. The number of ether oxygens (including phenoxy) is 1. The van der Waals surface area contributed by atoms with E-state index in [1.165, 1.54) is 17.3 Å². The van der Waals surface area contributed by atoms with Crippen molar-refractivity contribution >= 4 is 24.4 Å². The fourth-order valence-corrected chi connectivity index (χ4v) is 6.21. The second-order valence-corrected chi connectivity index (χ2v) is 10.4. The van der Waals surface area contributed by atoms with Gasteiger partial charge in [-0.15, -0.1) is 6.58 Å². The lowest BCUT2D eigenvalue weighted by Gasteiger charge is -2.28. The number of aliphatic hydroxyl groups excluding tert-OH is 1. The molecule has 1 N–H and O–H groups in total. The van der Waals surface area contributed by atoms with Crippen LogP contribution in [0.15, 0.2) is 61.2 Å². The van der Waals surface area contributed by atoms with Gasteiger partial charge >= 0.3 is 5.97 Å². The highest BCUT2D eigenvalue weighted by molar-refractivity contribution is 7.01. The monoisotopic (exact) mass is 340 g/mol. The number of esters is 1. The molecule has 0 radical (unpaired) electrons. The smallest absolute Gasteiger partial charge is 0.302 e. The first-order valence-corrected chi connectivity index (χ1v) is 10.7. The van der Waals surface area contributed by atoms with E-state index in [-0.39, 0.29) is 12.6 Å². The zero-order valence-corrected chi connectivity index (χ0v) is 15.3. The average molecular weight is 340 g/mol. The van der Waals surface area contributed by atoms with Crippen LogP contribution in [0.3, 0.4) is 0 Å². The van der Waals surface area contributed by atoms with Gasteiger partial charge in [0.05, 0.1) is 6.61 Å². The summed E-state index contributed by atoms with van der Waals surface area (Å²) in [6.45, 7) is 7.99. The average Bonchev–Trinajstić information content (AvgIpc) is 2.60. The summed E-state index contributed by atoms with van der Waals surface area (Å²) in [6.07, 6.45) is 1.97. The third kappa shape index (κ3) is 4.22. The zero-order chi connectivity index (χ0) is 17.6. The Balaban J connectivity index is 2.43. The van der Waals surface area contributed by atoms with Crippen molar-refractivity contribution in [1.82, 2.24) is 0 Å². The molecule has 0 spiro atoms. The lowest BCUT2D eigenvalue weighted by molar-refractivity contribution is -0.142. The molecular formula is C20H24O3Si. The van der Waals surface area contributed by atoms with Gasteiger partial charge in [-0.25, -0.2) is 0 Å². The van der Waals surface area contributed by atoms with E-state index in [2.05, 4.69) is 37.4 Å². The van der Waals surface area contributed by atoms with E-state index < -0.39 is 8.07 Å². The zero-order valence-electron chi connectivity index (χ0n) is 14.3. The van der Waals surface area contributed by atoms with Gasteiger partial charge in [0.1, 0.15) is 14.7 Å². The molecule has 24 heavy (non-hydrogen) atoms.